The normalized spacial score (nSPS) is 23.7. The predicted molar refractivity (Wildman–Crippen MR) is 102 cm³/mol. The molecule has 6 nitrogen and oxygen atoms in total. The predicted octanol–water partition coefficient (Wildman–Crippen LogP) is 2.11. The Hall–Kier alpha value is -2.34. The van der Waals surface area contributed by atoms with Crippen LogP contribution in [-0.2, 0) is 23.2 Å². The van der Waals surface area contributed by atoms with Crippen molar-refractivity contribution in [1.29, 1.82) is 0 Å². The topological polar surface area (TPSA) is 61.5 Å². The minimum Gasteiger partial charge on any atom is -0.480 e. The molecule has 27 heavy (non-hydrogen) atoms. The molecule has 1 spiro atoms. The first kappa shape index (κ1) is 16.8. The number of hydrogen-bond acceptors (Lipinski definition) is 4. The zero-order chi connectivity index (χ0) is 18.4. The van der Waals surface area contributed by atoms with Crippen LogP contribution in [0.3, 0.4) is 0 Å². The second-order valence-electron chi connectivity index (χ2n) is 7.83. The van der Waals surface area contributed by atoms with Gasteiger partial charge in [-0.05, 0) is 31.0 Å². The van der Waals surface area contributed by atoms with E-state index in [4.69, 9.17) is 4.74 Å². The minimum atomic E-state index is -0.369. The summed E-state index contributed by atoms with van der Waals surface area (Å²) >= 11 is 0. The van der Waals surface area contributed by atoms with E-state index in [1.807, 2.05) is 35.5 Å². The van der Waals surface area contributed by atoms with Crippen LogP contribution in [-0.4, -0.2) is 58.0 Å². The number of rotatable bonds is 2. The fourth-order valence-corrected chi connectivity index (χ4v) is 5.16. The van der Waals surface area contributed by atoms with Crippen molar-refractivity contribution in [1.82, 2.24) is 19.8 Å². The Morgan fingerprint density at radius 3 is 2.89 bits per heavy atom. The molecule has 2 aromatic rings. The number of amides is 1. The van der Waals surface area contributed by atoms with Crippen LogP contribution in [0.15, 0.2) is 30.6 Å². The number of piperidine rings is 1. The summed E-state index contributed by atoms with van der Waals surface area (Å²) < 4.78 is 5.93. The summed E-state index contributed by atoms with van der Waals surface area (Å²) in [5, 5.41) is 0. The molecule has 0 radical (unpaired) electrons. The van der Waals surface area contributed by atoms with E-state index in [0.29, 0.717) is 6.42 Å². The number of para-hydroxylation sites is 1. The third kappa shape index (κ3) is 2.57. The van der Waals surface area contributed by atoms with Crippen molar-refractivity contribution >= 4 is 5.91 Å². The molecular weight excluding hydrogens is 340 g/mol. The van der Waals surface area contributed by atoms with E-state index < -0.39 is 0 Å². The highest BCUT2D eigenvalue weighted by Crippen LogP contribution is 2.42. The lowest BCUT2D eigenvalue weighted by atomic mass is 9.78. The van der Waals surface area contributed by atoms with Gasteiger partial charge in [0.2, 0.25) is 0 Å². The lowest BCUT2D eigenvalue weighted by Crippen LogP contribution is -2.58. The van der Waals surface area contributed by atoms with Crippen LogP contribution < -0.4 is 4.74 Å². The number of imidazole rings is 1. The molecule has 142 valence electrons. The Balaban J connectivity index is 1.31. The Kier molecular flexibility index (Phi) is 3.97. The molecule has 1 atom stereocenters. The van der Waals surface area contributed by atoms with Gasteiger partial charge in [-0.1, -0.05) is 25.1 Å². The molecule has 0 aliphatic carbocycles. The average Bonchev–Trinajstić information content (AvgIpc) is 3.36. The van der Waals surface area contributed by atoms with Crippen molar-refractivity contribution in [3.8, 4) is 5.75 Å². The van der Waals surface area contributed by atoms with Gasteiger partial charge in [0.25, 0.3) is 5.91 Å². The first-order valence-corrected chi connectivity index (χ1v) is 10.0. The number of nitrogens with one attached hydrogen (secondary N) is 1. The van der Waals surface area contributed by atoms with Gasteiger partial charge in [-0.3, -0.25) is 9.69 Å². The Labute approximate surface area is 159 Å². The number of benzene rings is 1. The molecule has 1 aromatic heterocycles. The number of ether oxygens (including phenoxy) is 1. The van der Waals surface area contributed by atoms with Crippen LogP contribution in [0.4, 0.5) is 0 Å². The number of carbonyl (C=O) groups is 1. The summed E-state index contributed by atoms with van der Waals surface area (Å²) in [6.45, 7) is 5.82. The van der Waals surface area contributed by atoms with Crippen molar-refractivity contribution in [2.75, 3.05) is 26.2 Å². The van der Waals surface area contributed by atoms with Crippen molar-refractivity contribution in [2.45, 2.75) is 44.2 Å². The van der Waals surface area contributed by atoms with E-state index in [2.05, 4.69) is 21.8 Å². The molecule has 1 unspecified atom stereocenters. The molecule has 6 heteroatoms. The summed E-state index contributed by atoms with van der Waals surface area (Å²) in [4.78, 5) is 25.6. The van der Waals surface area contributed by atoms with Crippen molar-refractivity contribution < 1.29 is 9.53 Å². The summed E-state index contributed by atoms with van der Waals surface area (Å²) in [5.74, 6) is 0.983. The second-order valence-corrected chi connectivity index (χ2v) is 7.83. The van der Waals surface area contributed by atoms with E-state index >= 15 is 0 Å². The molecule has 0 saturated carbocycles. The quantitative estimate of drug-likeness (QED) is 0.884. The van der Waals surface area contributed by atoms with Gasteiger partial charge in [0, 0.05) is 38.2 Å². The summed E-state index contributed by atoms with van der Waals surface area (Å²) in [7, 11) is 0. The van der Waals surface area contributed by atoms with Gasteiger partial charge in [-0.25, -0.2) is 4.98 Å². The maximum absolute atomic E-state index is 13.1. The van der Waals surface area contributed by atoms with Crippen LogP contribution in [0, 0.1) is 0 Å². The second kappa shape index (κ2) is 6.37. The monoisotopic (exact) mass is 366 g/mol. The Bertz CT molecular complexity index is 828. The highest BCUT2D eigenvalue weighted by molar-refractivity contribution is 5.82. The molecule has 1 saturated heterocycles. The van der Waals surface area contributed by atoms with Crippen molar-refractivity contribution in [2.24, 2.45) is 0 Å². The number of likely N-dealkylation sites (N-methyl/N-ethyl adjacent to an activating group) is 1. The SMILES string of the molecule is CCN1CCc2[nH]cnc2C12CCN(C(=O)C1Cc3ccccc3O1)CC2. The Morgan fingerprint density at radius 1 is 1.30 bits per heavy atom. The fourth-order valence-electron chi connectivity index (χ4n) is 5.16. The molecular formula is C21H26N4O2. The molecule has 4 heterocycles. The van der Waals surface area contributed by atoms with Crippen LogP contribution >= 0.6 is 0 Å². The van der Waals surface area contributed by atoms with Crippen LogP contribution in [0.5, 0.6) is 5.75 Å². The lowest BCUT2D eigenvalue weighted by molar-refractivity contribution is -0.141. The molecule has 1 aromatic carbocycles. The van der Waals surface area contributed by atoms with Gasteiger partial charge >= 0.3 is 0 Å². The lowest BCUT2D eigenvalue weighted by Gasteiger charge is -2.50. The molecule has 5 rings (SSSR count). The van der Waals surface area contributed by atoms with Crippen LogP contribution in [0.1, 0.15) is 36.7 Å². The third-order valence-corrected chi connectivity index (χ3v) is 6.60. The molecule has 0 bridgehead atoms. The molecule has 1 amide bonds. The third-order valence-electron chi connectivity index (χ3n) is 6.60. The Morgan fingerprint density at radius 2 is 2.11 bits per heavy atom. The highest BCUT2D eigenvalue weighted by Gasteiger charge is 2.47. The van der Waals surface area contributed by atoms with Gasteiger partial charge < -0.3 is 14.6 Å². The standard InChI is InChI=1S/C21H26N4O2/c1-2-25-10-7-16-19(23-14-22-16)21(25)8-11-24(12-9-21)20(26)18-13-15-5-3-4-6-17(15)27-18/h3-6,14,18H,2,7-13H2,1H3,(H,22,23). The highest BCUT2D eigenvalue weighted by atomic mass is 16.5. The van der Waals surface area contributed by atoms with Crippen LogP contribution in [0.2, 0.25) is 0 Å². The van der Waals surface area contributed by atoms with E-state index in [-0.39, 0.29) is 17.6 Å². The van der Waals surface area contributed by atoms with Gasteiger partial charge in [-0.2, -0.15) is 0 Å². The molecule has 1 N–H and O–H groups in total. The summed E-state index contributed by atoms with van der Waals surface area (Å²) in [5.41, 5.74) is 3.58. The number of aromatic amines is 1. The van der Waals surface area contributed by atoms with Crippen molar-refractivity contribution in [3.63, 3.8) is 0 Å². The van der Waals surface area contributed by atoms with Gasteiger partial charge in [-0.15, -0.1) is 0 Å². The fraction of sp³-hybridized carbons (Fsp3) is 0.524. The number of fused-ring (bicyclic) bond motifs is 3. The molecule has 1 fully saturated rings. The zero-order valence-corrected chi connectivity index (χ0v) is 15.8. The van der Waals surface area contributed by atoms with E-state index in [0.717, 1.165) is 56.8 Å². The molecule has 3 aliphatic rings. The maximum atomic E-state index is 13.1. The number of hydrogen-bond donors (Lipinski definition) is 1. The van der Waals surface area contributed by atoms with E-state index in [1.165, 1.54) is 11.4 Å². The maximum Gasteiger partial charge on any atom is 0.263 e. The first-order valence-electron chi connectivity index (χ1n) is 10.0. The minimum absolute atomic E-state index is 0.0292. The number of likely N-dealkylation sites (tertiary alicyclic amines) is 1. The van der Waals surface area contributed by atoms with Crippen LogP contribution in [0.25, 0.3) is 0 Å². The summed E-state index contributed by atoms with van der Waals surface area (Å²) in [6, 6.07) is 7.96. The van der Waals surface area contributed by atoms with Gasteiger partial charge in [0.1, 0.15) is 5.75 Å². The molecule has 3 aliphatic heterocycles. The van der Waals surface area contributed by atoms with Crippen molar-refractivity contribution in [3.05, 3.63) is 47.5 Å². The largest absolute Gasteiger partial charge is 0.480 e. The van der Waals surface area contributed by atoms with Gasteiger partial charge in [0.05, 0.1) is 17.6 Å². The van der Waals surface area contributed by atoms with E-state index in [9.17, 15) is 4.79 Å². The first-order chi connectivity index (χ1) is 13.2. The number of nitrogens with zero attached hydrogens (tertiary/aromatic N) is 3. The zero-order valence-electron chi connectivity index (χ0n) is 15.8. The number of carbonyl (C=O) groups excluding carboxylic acids is 1. The van der Waals surface area contributed by atoms with E-state index in [1.54, 1.807) is 0 Å². The van der Waals surface area contributed by atoms with Gasteiger partial charge in [0.15, 0.2) is 6.10 Å². The summed E-state index contributed by atoms with van der Waals surface area (Å²) in [6.07, 6.45) is 5.04. The smallest absolute Gasteiger partial charge is 0.263 e. The number of H-pyrrole nitrogens is 1. The number of aromatic nitrogens is 2. The average molecular weight is 366 g/mol.